The Balaban J connectivity index is 1.43. The van der Waals surface area contributed by atoms with Gasteiger partial charge in [0, 0.05) is 56.5 Å². The van der Waals surface area contributed by atoms with Gasteiger partial charge in [-0.25, -0.2) is 22.2 Å². The molecule has 2 aliphatic rings. The first-order valence-electron chi connectivity index (χ1n) is 10.4. The Hall–Kier alpha value is -2.33. The molecule has 1 aliphatic heterocycles. The second-order valence-corrected chi connectivity index (χ2v) is 10.2. The third-order valence-corrected chi connectivity index (χ3v) is 7.89. The van der Waals surface area contributed by atoms with Crippen LogP contribution in [-0.4, -0.2) is 52.2 Å². The monoisotopic (exact) mass is 452 g/mol. The van der Waals surface area contributed by atoms with Gasteiger partial charge in [0.05, 0.1) is 0 Å². The number of amides is 1. The Bertz CT molecular complexity index is 1070. The van der Waals surface area contributed by atoms with Crippen molar-refractivity contribution >= 4 is 15.9 Å². The second-order valence-electron chi connectivity index (χ2n) is 8.35. The SMILES string of the molecule is Cc1nc(S(=O)(=O)N2CCC(C(=O)N(Cc3ccc(F)cc3F)C3CC3)CC2)cn1C. The van der Waals surface area contributed by atoms with E-state index in [0.717, 1.165) is 18.9 Å². The zero-order valence-corrected chi connectivity index (χ0v) is 18.4. The Morgan fingerprint density at radius 2 is 1.87 bits per heavy atom. The summed E-state index contributed by atoms with van der Waals surface area (Å²) in [6.07, 6.45) is 4.02. The molecule has 0 radical (unpaired) electrons. The first-order chi connectivity index (χ1) is 14.7. The summed E-state index contributed by atoms with van der Waals surface area (Å²) in [6, 6.07) is 3.46. The Morgan fingerprint density at radius 3 is 2.42 bits per heavy atom. The highest BCUT2D eigenvalue weighted by atomic mass is 32.2. The second kappa shape index (κ2) is 8.31. The summed E-state index contributed by atoms with van der Waals surface area (Å²) in [6.45, 7) is 2.30. The predicted molar refractivity (Wildman–Crippen MR) is 109 cm³/mol. The molecule has 10 heteroatoms. The average molecular weight is 453 g/mol. The lowest BCUT2D eigenvalue weighted by atomic mass is 9.96. The van der Waals surface area contributed by atoms with Crippen molar-refractivity contribution in [1.82, 2.24) is 18.8 Å². The fourth-order valence-electron chi connectivity index (χ4n) is 3.97. The number of imidazole rings is 1. The van der Waals surface area contributed by atoms with Crippen molar-refractivity contribution in [2.75, 3.05) is 13.1 Å². The van der Waals surface area contributed by atoms with E-state index in [1.54, 1.807) is 23.4 Å². The van der Waals surface area contributed by atoms with E-state index in [2.05, 4.69) is 4.98 Å². The Labute approximate surface area is 180 Å². The van der Waals surface area contributed by atoms with Crippen molar-refractivity contribution in [2.45, 2.75) is 50.2 Å². The molecule has 0 N–H and O–H groups in total. The highest BCUT2D eigenvalue weighted by Gasteiger charge is 2.39. The summed E-state index contributed by atoms with van der Waals surface area (Å²) in [5.74, 6) is -1.11. The molecule has 4 rings (SSSR count). The largest absolute Gasteiger partial charge is 0.337 e. The van der Waals surface area contributed by atoms with E-state index in [-0.39, 0.29) is 48.1 Å². The van der Waals surface area contributed by atoms with Crippen molar-refractivity contribution in [2.24, 2.45) is 13.0 Å². The van der Waals surface area contributed by atoms with Crippen LogP contribution in [-0.2, 0) is 28.4 Å². The summed E-state index contributed by atoms with van der Waals surface area (Å²) < 4.78 is 56.1. The summed E-state index contributed by atoms with van der Waals surface area (Å²) in [7, 11) is -1.97. The summed E-state index contributed by atoms with van der Waals surface area (Å²) >= 11 is 0. The number of aromatic nitrogens is 2. The molecule has 2 heterocycles. The molecule has 1 aromatic carbocycles. The molecule has 7 nitrogen and oxygen atoms in total. The minimum Gasteiger partial charge on any atom is -0.337 e. The fraction of sp³-hybridized carbons (Fsp3) is 0.524. The maximum Gasteiger partial charge on any atom is 0.262 e. The van der Waals surface area contributed by atoms with Crippen molar-refractivity contribution < 1.29 is 22.0 Å². The smallest absolute Gasteiger partial charge is 0.262 e. The van der Waals surface area contributed by atoms with E-state index < -0.39 is 21.7 Å². The van der Waals surface area contributed by atoms with Crippen molar-refractivity contribution in [1.29, 1.82) is 0 Å². The van der Waals surface area contributed by atoms with Crippen molar-refractivity contribution in [3.05, 3.63) is 47.4 Å². The molecule has 31 heavy (non-hydrogen) atoms. The van der Waals surface area contributed by atoms with Crippen LogP contribution in [0.3, 0.4) is 0 Å². The van der Waals surface area contributed by atoms with Gasteiger partial charge in [-0.1, -0.05) is 6.07 Å². The number of halogens is 2. The molecular formula is C21H26F2N4O3S. The van der Waals surface area contributed by atoms with Crippen LogP contribution in [0.1, 0.15) is 37.1 Å². The van der Waals surface area contributed by atoms with E-state index in [4.69, 9.17) is 0 Å². The molecule has 1 saturated heterocycles. The van der Waals surface area contributed by atoms with Gasteiger partial charge in [0.15, 0.2) is 5.03 Å². The third-order valence-electron chi connectivity index (χ3n) is 6.12. The zero-order chi connectivity index (χ0) is 22.3. The first-order valence-corrected chi connectivity index (χ1v) is 11.9. The number of benzene rings is 1. The lowest BCUT2D eigenvalue weighted by Crippen LogP contribution is -2.45. The summed E-state index contributed by atoms with van der Waals surface area (Å²) in [4.78, 5) is 19.0. The molecule has 2 fully saturated rings. The Kier molecular flexibility index (Phi) is 5.87. The predicted octanol–water partition coefficient (Wildman–Crippen LogP) is 2.60. The molecule has 1 aromatic heterocycles. The van der Waals surface area contributed by atoms with Crippen molar-refractivity contribution in [3.8, 4) is 0 Å². The molecule has 2 aromatic rings. The highest BCUT2D eigenvalue weighted by molar-refractivity contribution is 7.89. The van der Waals surface area contributed by atoms with Gasteiger partial charge < -0.3 is 9.47 Å². The van der Waals surface area contributed by atoms with Gasteiger partial charge in [-0.3, -0.25) is 4.79 Å². The lowest BCUT2D eigenvalue weighted by molar-refractivity contribution is -0.138. The molecule has 0 spiro atoms. The molecular weight excluding hydrogens is 426 g/mol. The van der Waals surface area contributed by atoms with Crippen LogP contribution >= 0.6 is 0 Å². The summed E-state index contributed by atoms with van der Waals surface area (Å²) in [5, 5.41) is 0.0173. The standard InChI is InChI=1S/C21H26F2N4O3S/c1-14-24-20(13-25(14)2)31(29,30)26-9-7-15(8-10-26)21(28)27(18-5-6-18)12-16-3-4-17(22)11-19(16)23/h3-4,11,13,15,18H,5-10,12H2,1-2H3. The fourth-order valence-corrected chi connectivity index (χ4v) is 5.46. The molecule has 1 saturated carbocycles. The van der Waals surface area contributed by atoms with Crippen LogP contribution in [0.15, 0.2) is 29.4 Å². The summed E-state index contributed by atoms with van der Waals surface area (Å²) in [5.41, 5.74) is 0.284. The van der Waals surface area contributed by atoms with E-state index in [0.29, 0.717) is 18.7 Å². The van der Waals surface area contributed by atoms with Crippen LogP contribution in [0.4, 0.5) is 8.78 Å². The van der Waals surface area contributed by atoms with Crippen LogP contribution in [0, 0.1) is 24.5 Å². The van der Waals surface area contributed by atoms with Gasteiger partial charge >= 0.3 is 0 Å². The van der Waals surface area contributed by atoms with Crippen molar-refractivity contribution in [3.63, 3.8) is 0 Å². The molecule has 0 atom stereocenters. The van der Waals surface area contributed by atoms with Gasteiger partial charge in [0.1, 0.15) is 17.5 Å². The minimum absolute atomic E-state index is 0.0173. The van der Waals surface area contributed by atoms with E-state index in [1.165, 1.54) is 22.6 Å². The number of carbonyl (C=O) groups is 1. The lowest BCUT2D eigenvalue weighted by Gasteiger charge is -2.33. The molecule has 168 valence electrons. The number of nitrogens with zero attached hydrogens (tertiary/aromatic N) is 4. The van der Waals surface area contributed by atoms with Crippen LogP contribution in [0.2, 0.25) is 0 Å². The molecule has 1 amide bonds. The number of carbonyl (C=O) groups excluding carboxylic acids is 1. The van der Waals surface area contributed by atoms with E-state index >= 15 is 0 Å². The molecule has 0 unspecified atom stereocenters. The number of rotatable bonds is 6. The van der Waals surface area contributed by atoms with Gasteiger partial charge in [0.2, 0.25) is 5.91 Å². The number of aryl methyl sites for hydroxylation is 2. The number of hydrogen-bond acceptors (Lipinski definition) is 4. The molecule has 1 aliphatic carbocycles. The number of sulfonamides is 1. The first kappa shape index (κ1) is 21.9. The van der Waals surface area contributed by atoms with Gasteiger partial charge in [0.25, 0.3) is 10.0 Å². The highest BCUT2D eigenvalue weighted by Crippen LogP contribution is 2.33. The maximum absolute atomic E-state index is 14.1. The number of piperidine rings is 1. The topological polar surface area (TPSA) is 75.5 Å². The molecule has 0 bridgehead atoms. The Morgan fingerprint density at radius 1 is 1.19 bits per heavy atom. The van der Waals surface area contributed by atoms with Crippen LogP contribution in [0.25, 0.3) is 0 Å². The number of hydrogen-bond donors (Lipinski definition) is 0. The quantitative estimate of drug-likeness (QED) is 0.675. The van der Waals surface area contributed by atoms with Gasteiger partial charge in [-0.2, -0.15) is 4.31 Å². The third kappa shape index (κ3) is 4.50. The minimum atomic E-state index is -3.70. The normalized spacial score (nSPS) is 18.3. The van der Waals surface area contributed by atoms with Gasteiger partial charge in [-0.05, 0) is 38.7 Å². The van der Waals surface area contributed by atoms with Crippen LogP contribution < -0.4 is 0 Å². The average Bonchev–Trinajstić information content (AvgIpc) is 3.51. The van der Waals surface area contributed by atoms with Crippen LogP contribution in [0.5, 0.6) is 0 Å². The van der Waals surface area contributed by atoms with E-state index in [1.807, 2.05) is 0 Å². The van der Waals surface area contributed by atoms with E-state index in [9.17, 15) is 22.0 Å². The zero-order valence-electron chi connectivity index (χ0n) is 17.6. The maximum atomic E-state index is 14.1. The van der Waals surface area contributed by atoms with Gasteiger partial charge in [-0.15, -0.1) is 0 Å².